The van der Waals surface area contributed by atoms with Gasteiger partial charge in [0.2, 0.25) is 0 Å². The van der Waals surface area contributed by atoms with Gasteiger partial charge in [0, 0.05) is 12.6 Å². The third kappa shape index (κ3) is 3.68. The average molecular weight is 444 g/mol. The molecule has 0 saturated carbocycles. The maximum atomic E-state index is 13.0. The molecule has 5 rings (SSSR count). The van der Waals surface area contributed by atoms with Crippen LogP contribution in [0.2, 0.25) is 5.02 Å². The highest BCUT2D eigenvalue weighted by atomic mass is 35.5. The number of carbonyl (C=O) groups is 1. The van der Waals surface area contributed by atoms with E-state index >= 15 is 0 Å². The molecule has 0 aliphatic carbocycles. The van der Waals surface area contributed by atoms with Crippen molar-refractivity contribution < 1.29 is 9.21 Å². The van der Waals surface area contributed by atoms with Gasteiger partial charge in [-0.05, 0) is 29.6 Å². The molecule has 0 unspecified atom stereocenters. The largest absolute Gasteiger partial charge is 0.467 e. The quantitative estimate of drug-likeness (QED) is 0.450. The summed E-state index contributed by atoms with van der Waals surface area (Å²) in [5.74, 6) is 0.794. The van der Waals surface area contributed by atoms with Gasteiger partial charge in [0.15, 0.2) is 10.8 Å². The minimum Gasteiger partial charge on any atom is -0.467 e. The van der Waals surface area contributed by atoms with E-state index in [0.717, 1.165) is 21.9 Å². The van der Waals surface area contributed by atoms with Crippen molar-refractivity contribution in [1.29, 1.82) is 0 Å². The van der Waals surface area contributed by atoms with Crippen molar-refractivity contribution in [2.24, 2.45) is 5.10 Å². The molecule has 1 atom stereocenters. The number of furan rings is 1. The van der Waals surface area contributed by atoms with Crippen LogP contribution >= 0.6 is 34.7 Å². The molecule has 5 heterocycles. The molecular formula is C19H14ClN5O2S2. The van der Waals surface area contributed by atoms with Crippen molar-refractivity contribution in [2.75, 3.05) is 5.75 Å². The first-order valence-corrected chi connectivity index (χ1v) is 11.0. The summed E-state index contributed by atoms with van der Waals surface area (Å²) in [6.07, 6.45) is 3.78. The van der Waals surface area contributed by atoms with Crippen LogP contribution in [0.15, 0.2) is 62.8 Å². The van der Waals surface area contributed by atoms with Crippen molar-refractivity contribution in [3.05, 3.63) is 63.8 Å². The number of hydrogen-bond acceptors (Lipinski definition) is 7. The smallest absolute Gasteiger partial charge is 0.253 e. The number of thiophene rings is 1. The second-order valence-corrected chi connectivity index (χ2v) is 8.70. The van der Waals surface area contributed by atoms with Crippen LogP contribution in [0.25, 0.3) is 11.2 Å². The van der Waals surface area contributed by atoms with Gasteiger partial charge in [-0.25, -0.2) is 15.0 Å². The van der Waals surface area contributed by atoms with E-state index in [4.69, 9.17) is 16.0 Å². The number of carbonyl (C=O) groups excluding carboxylic acids is 1. The Morgan fingerprint density at radius 2 is 2.34 bits per heavy atom. The molecule has 146 valence electrons. The summed E-state index contributed by atoms with van der Waals surface area (Å²) in [4.78, 5) is 25.7. The molecule has 1 amide bonds. The molecule has 0 fully saturated rings. The number of imidazole rings is 1. The van der Waals surface area contributed by atoms with Crippen LogP contribution in [0.4, 0.5) is 0 Å². The van der Waals surface area contributed by atoms with Gasteiger partial charge < -0.3 is 9.40 Å². The van der Waals surface area contributed by atoms with Crippen molar-refractivity contribution in [1.82, 2.24) is 20.0 Å². The van der Waals surface area contributed by atoms with Crippen LogP contribution in [0, 0.1) is 0 Å². The molecule has 0 radical (unpaired) electrons. The lowest BCUT2D eigenvalue weighted by Crippen LogP contribution is -2.28. The molecule has 0 spiro atoms. The maximum absolute atomic E-state index is 13.0. The van der Waals surface area contributed by atoms with Gasteiger partial charge in [-0.3, -0.25) is 4.79 Å². The van der Waals surface area contributed by atoms with E-state index in [1.165, 1.54) is 16.8 Å². The molecule has 0 bridgehead atoms. The normalized spacial score (nSPS) is 16.5. The van der Waals surface area contributed by atoms with Gasteiger partial charge >= 0.3 is 0 Å². The topological polar surface area (TPSA) is 87.4 Å². The number of hydrazone groups is 1. The highest BCUT2D eigenvalue weighted by Gasteiger charge is 2.35. The second kappa shape index (κ2) is 7.66. The summed E-state index contributed by atoms with van der Waals surface area (Å²) in [7, 11) is 0. The lowest BCUT2D eigenvalue weighted by molar-refractivity contribution is -0.130. The van der Waals surface area contributed by atoms with Gasteiger partial charge in [-0.2, -0.15) is 5.10 Å². The predicted octanol–water partition coefficient (Wildman–Crippen LogP) is 4.74. The number of fused-ring (bicyclic) bond motifs is 1. The fourth-order valence-corrected chi connectivity index (χ4v) is 4.76. The Bertz CT molecular complexity index is 1190. The van der Waals surface area contributed by atoms with E-state index in [9.17, 15) is 4.79 Å². The third-order valence-corrected chi connectivity index (χ3v) is 6.44. The van der Waals surface area contributed by atoms with Gasteiger partial charge in [-0.15, -0.1) is 11.3 Å². The molecule has 1 N–H and O–H groups in total. The number of halogens is 1. The van der Waals surface area contributed by atoms with Crippen molar-refractivity contribution in [3.63, 3.8) is 0 Å². The molecule has 29 heavy (non-hydrogen) atoms. The molecule has 1 aliphatic rings. The predicted molar refractivity (Wildman–Crippen MR) is 113 cm³/mol. The summed E-state index contributed by atoms with van der Waals surface area (Å²) < 4.78 is 5.57. The molecule has 1 aliphatic heterocycles. The monoisotopic (exact) mass is 443 g/mol. The Hall–Kier alpha value is -2.62. The molecular weight excluding hydrogens is 430 g/mol. The standard InChI is InChI=1S/C19H14ClN5O2S2/c20-11-7-13-18(21-9-11)23-19(22-13)29-10-17(26)25-14(15-3-1-5-27-15)8-12(24-25)16-4-2-6-28-16/h1-7,9,14H,8,10H2,(H,21,22,23)/t14-/m1/s1. The lowest BCUT2D eigenvalue weighted by atomic mass is 10.1. The van der Waals surface area contributed by atoms with Crippen LogP contribution in [0.5, 0.6) is 0 Å². The number of amides is 1. The molecule has 4 aromatic heterocycles. The van der Waals surface area contributed by atoms with E-state index < -0.39 is 0 Å². The summed E-state index contributed by atoms with van der Waals surface area (Å²) in [5, 5.41) is 9.28. The number of aromatic nitrogens is 3. The van der Waals surface area contributed by atoms with Gasteiger partial charge in [-0.1, -0.05) is 29.4 Å². The van der Waals surface area contributed by atoms with Gasteiger partial charge in [0.25, 0.3) is 5.91 Å². The number of H-pyrrole nitrogens is 1. The minimum absolute atomic E-state index is 0.116. The highest BCUT2D eigenvalue weighted by Crippen LogP contribution is 2.34. The summed E-state index contributed by atoms with van der Waals surface area (Å²) >= 11 is 8.88. The Kier molecular flexibility index (Phi) is 4.86. The van der Waals surface area contributed by atoms with Crippen molar-refractivity contribution in [2.45, 2.75) is 17.6 Å². The molecule has 4 aromatic rings. The Morgan fingerprint density at radius 1 is 1.41 bits per heavy atom. The SMILES string of the molecule is O=C(CSc1nc2ncc(Cl)cc2[nH]1)N1N=C(c2cccs2)C[C@@H]1c1ccco1. The zero-order valence-electron chi connectivity index (χ0n) is 14.9. The number of hydrogen-bond donors (Lipinski definition) is 1. The number of pyridine rings is 1. The molecule has 10 heteroatoms. The fraction of sp³-hybridized carbons (Fsp3) is 0.158. The van der Waals surface area contributed by atoms with Crippen LogP contribution in [-0.4, -0.2) is 37.3 Å². The average Bonchev–Trinajstić information content (AvgIpc) is 3.51. The van der Waals surface area contributed by atoms with Gasteiger partial charge in [0.1, 0.15) is 11.8 Å². The first kappa shape index (κ1) is 18.4. The number of thioether (sulfide) groups is 1. The summed E-state index contributed by atoms with van der Waals surface area (Å²) in [6, 6.07) is 9.20. The number of nitrogens with one attached hydrogen (secondary N) is 1. The third-order valence-electron chi connectivity index (χ3n) is 4.46. The number of rotatable bonds is 5. The lowest BCUT2D eigenvalue weighted by Gasteiger charge is -2.19. The van der Waals surface area contributed by atoms with Gasteiger partial charge in [0.05, 0.1) is 33.1 Å². The first-order chi connectivity index (χ1) is 14.2. The zero-order chi connectivity index (χ0) is 19.8. The summed E-state index contributed by atoms with van der Waals surface area (Å²) in [5.41, 5.74) is 2.19. The minimum atomic E-state index is -0.244. The van der Waals surface area contributed by atoms with Crippen LogP contribution in [-0.2, 0) is 4.79 Å². The van der Waals surface area contributed by atoms with E-state index in [1.807, 2.05) is 29.6 Å². The van der Waals surface area contributed by atoms with Crippen LogP contribution in [0.1, 0.15) is 23.1 Å². The molecule has 0 saturated heterocycles. The van der Waals surface area contributed by atoms with E-state index in [-0.39, 0.29) is 17.7 Å². The Balaban J connectivity index is 1.35. The second-order valence-electron chi connectivity index (χ2n) is 6.35. The zero-order valence-corrected chi connectivity index (χ0v) is 17.3. The van der Waals surface area contributed by atoms with Crippen LogP contribution in [0.3, 0.4) is 0 Å². The van der Waals surface area contributed by atoms with E-state index in [0.29, 0.717) is 22.2 Å². The molecule has 0 aromatic carbocycles. The fourth-order valence-electron chi connectivity index (χ4n) is 3.15. The first-order valence-electron chi connectivity index (χ1n) is 8.78. The van der Waals surface area contributed by atoms with Crippen LogP contribution < -0.4 is 0 Å². The van der Waals surface area contributed by atoms with E-state index in [1.54, 1.807) is 29.9 Å². The van der Waals surface area contributed by atoms with Crippen molar-refractivity contribution in [3.8, 4) is 0 Å². The Labute approximate surface area is 178 Å². The van der Waals surface area contributed by atoms with Crippen molar-refractivity contribution >= 4 is 57.5 Å². The number of aromatic amines is 1. The Morgan fingerprint density at radius 3 is 3.14 bits per heavy atom. The van der Waals surface area contributed by atoms with E-state index in [2.05, 4.69) is 20.1 Å². The number of nitrogens with zero attached hydrogens (tertiary/aromatic N) is 4. The summed E-state index contributed by atoms with van der Waals surface area (Å²) in [6.45, 7) is 0. The highest BCUT2D eigenvalue weighted by molar-refractivity contribution is 7.99. The maximum Gasteiger partial charge on any atom is 0.253 e. The molecule has 7 nitrogen and oxygen atoms in total.